The van der Waals surface area contributed by atoms with E-state index in [0.717, 1.165) is 5.92 Å². The van der Waals surface area contributed by atoms with Gasteiger partial charge in [0.05, 0.1) is 6.04 Å². The molecule has 2 rings (SSSR count). The summed E-state index contributed by atoms with van der Waals surface area (Å²) in [6.07, 6.45) is 3.79. The lowest BCUT2D eigenvalue weighted by molar-refractivity contribution is -0.154. The highest BCUT2D eigenvalue weighted by molar-refractivity contribution is 5.30. The van der Waals surface area contributed by atoms with E-state index in [1.54, 1.807) is 0 Å². The van der Waals surface area contributed by atoms with Crippen molar-refractivity contribution >= 4 is 0 Å². The zero-order valence-corrected chi connectivity index (χ0v) is 12.9. The van der Waals surface area contributed by atoms with Crippen molar-refractivity contribution in [2.75, 3.05) is 20.3 Å². The minimum Gasteiger partial charge on any atom is -0.351 e. The summed E-state index contributed by atoms with van der Waals surface area (Å²) >= 11 is 0. The molecule has 112 valence electrons. The van der Waals surface area contributed by atoms with Gasteiger partial charge in [0.1, 0.15) is 0 Å². The van der Waals surface area contributed by atoms with Gasteiger partial charge >= 0.3 is 0 Å². The zero-order valence-electron chi connectivity index (χ0n) is 12.9. The molecule has 20 heavy (non-hydrogen) atoms. The third-order valence-electron chi connectivity index (χ3n) is 4.09. The fraction of sp³-hybridized carbons (Fsp3) is 0.647. The van der Waals surface area contributed by atoms with Crippen LogP contribution in [0.3, 0.4) is 0 Å². The molecule has 3 nitrogen and oxygen atoms in total. The molecule has 0 bridgehead atoms. The Morgan fingerprint density at radius 2 is 1.90 bits per heavy atom. The Morgan fingerprint density at radius 1 is 1.20 bits per heavy atom. The van der Waals surface area contributed by atoms with Gasteiger partial charge in [-0.05, 0) is 50.8 Å². The maximum atomic E-state index is 5.75. The van der Waals surface area contributed by atoms with E-state index in [1.807, 2.05) is 20.9 Å². The lowest BCUT2D eigenvalue weighted by Crippen LogP contribution is -2.34. The number of ether oxygens (including phenoxy) is 2. The Balaban J connectivity index is 2.16. The van der Waals surface area contributed by atoms with Crippen molar-refractivity contribution in [1.82, 2.24) is 5.32 Å². The van der Waals surface area contributed by atoms with Crippen LogP contribution < -0.4 is 5.32 Å². The first-order valence-corrected chi connectivity index (χ1v) is 7.80. The number of likely N-dealkylation sites (N-methyl/N-ethyl adjacent to an activating group) is 1. The lowest BCUT2D eigenvalue weighted by atomic mass is 9.79. The van der Waals surface area contributed by atoms with Crippen LogP contribution in [0.15, 0.2) is 24.3 Å². The standard InChI is InChI=1S/C17H27NO2/c1-4-19-17(20-5-2)16(18-3)15-11-7-10-14(12-15)13-8-6-9-13/h7,10-13,16-18H,4-6,8-9H2,1-3H3. The van der Waals surface area contributed by atoms with Crippen LogP contribution >= 0.6 is 0 Å². The Labute approximate surface area is 122 Å². The van der Waals surface area contributed by atoms with Crippen molar-refractivity contribution in [3.05, 3.63) is 35.4 Å². The SMILES string of the molecule is CCOC(OCC)C(NC)c1cccc(C2CCC2)c1. The summed E-state index contributed by atoms with van der Waals surface area (Å²) in [5, 5.41) is 3.34. The molecular weight excluding hydrogens is 250 g/mol. The van der Waals surface area contributed by atoms with Gasteiger partial charge in [-0.3, -0.25) is 0 Å². The minimum atomic E-state index is -0.230. The molecule has 1 fully saturated rings. The van der Waals surface area contributed by atoms with E-state index in [1.165, 1.54) is 30.4 Å². The molecule has 1 aromatic rings. The predicted octanol–water partition coefficient (Wildman–Crippen LogP) is 3.61. The summed E-state index contributed by atoms with van der Waals surface area (Å²) in [6.45, 7) is 5.32. The van der Waals surface area contributed by atoms with Crippen molar-refractivity contribution in [2.45, 2.75) is 51.4 Å². The molecule has 1 aromatic carbocycles. The van der Waals surface area contributed by atoms with Crippen LogP contribution in [0.4, 0.5) is 0 Å². The molecule has 1 aliphatic rings. The maximum absolute atomic E-state index is 5.75. The number of benzene rings is 1. The van der Waals surface area contributed by atoms with Crippen LogP contribution in [0.25, 0.3) is 0 Å². The average Bonchev–Trinajstić information content (AvgIpc) is 2.39. The van der Waals surface area contributed by atoms with Crippen LogP contribution in [-0.2, 0) is 9.47 Å². The molecule has 0 radical (unpaired) electrons. The molecule has 1 N–H and O–H groups in total. The van der Waals surface area contributed by atoms with Crippen LogP contribution in [0.5, 0.6) is 0 Å². The summed E-state index contributed by atoms with van der Waals surface area (Å²) in [5.74, 6) is 0.755. The lowest BCUT2D eigenvalue weighted by Gasteiger charge is -2.29. The van der Waals surface area contributed by atoms with Crippen molar-refractivity contribution in [3.63, 3.8) is 0 Å². The van der Waals surface area contributed by atoms with Crippen LogP contribution in [-0.4, -0.2) is 26.6 Å². The van der Waals surface area contributed by atoms with Gasteiger partial charge in [0.2, 0.25) is 0 Å². The monoisotopic (exact) mass is 277 g/mol. The normalized spacial score (nSPS) is 17.2. The summed E-state index contributed by atoms with van der Waals surface area (Å²) in [7, 11) is 1.96. The highest BCUT2D eigenvalue weighted by Crippen LogP contribution is 2.37. The van der Waals surface area contributed by atoms with Crippen molar-refractivity contribution in [2.24, 2.45) is 0 Å². The second-order valence-corrected chi connectivity index (χ2v) is 5.34. The van der Waals surface area contributed by atoms with Gasteiger partial charge in [0, 0.05) is 13.2 Å². The molecule has 3 heteroatoms. The minimum absolute atomic E-state index is 0.0786. The van der Waals surface area contributed by atoms with Gasteiger partial charge in [-0.1, -0.05) is 30.7 Å². The fourth-order valence-electron chi connectivity index (χ4n) is 2.78. The highest BCUT2D eigenvalue weighted by atomic mass is 16.7. The van der Waals surface area contributed by atoms with E-state index >= 15 is 0 Å². The molecular formula is C17H27NO2. The smallest absolute Gasteiger partial charge is 0.176 e. The number of hydrogen-bond donors (Lipinski definition) is 1. The van der Waals surface area contributed by atoms with Crippen molar-refractivity contribution in [1.29, 1.82) is 0 Å². The quantitative estimate of drug-likeness (QED) is 0.736. The van der Waals surface area contributed by atoms with E-state index in [2.05, 4.69) is 29.6 Å². The number of rotatable bonds is 8. The average molecular weight is 277 g/mol. The van der Waals surface area contributed by atoms with Gasteiger partial charge in [0.15, 0.2) is 6.29 Å². The van der Waals surface area contributed by atoms with Crippen LogP contribution in [0.2, 0.25) is 0 Å². The van der Waals surface area contributed by atoms with Gasteiger partial charge in [-0.15, -0.1) is 0 Å². The summed E-state index contributed by atoms with van der Waals surface area (Å²) in [6, 6.07) is 8.96. The molecule has 0 aliphatic heterocycles. The van der Waals surface area contributed by atoms with E-state index in [9.17, 15) is 0 Å². The van der Waals surface area contributed by atoms with Gasteiger partial charge in [0.25, 0.3) is 0 Å². The van der Waals surface area contributed by atoms with Crippen molar-refractivity contribution < 1.29 is 9.47 Å². The van der Waals surface area contributed by atoms with E-state index in [-0.39, 0.29) is 12.3 Å². The Hall–Kier alpha value is -0.900. The first-order valence-electron chi connectivity index (χ1n) is 7.80. The third kappa shape index (κ3) is 3.60. The second kappa shape index (κ2) is 7.77. The topological polar surface area (TPSA) is 30.5 Å². The molecule has 0 saturated heterocycles. The molecule has 1 aliphatic carbocycles. The van der Waals surface area contributed by atoms with E-state index < -0.39 is 0 Å². The first-order chi connectivity index (χ1) is 9.80. The molecule has 1 saturated carbocycles. The van der Waals surface area contributed by atoms with Crippen LogP contribution in [0.1, 0.15) is 56.2 Å². The fourth-order valence-corrected chi connectivity index (χ4v) is 2.78. The molecule has 0 spiro atoms. The molecule has 1 atom stereocenters. The first kappa shape index (κ1) is 15.5. The summed E-state index contributed by atoms with van der Waals surface area (Å²) in [4.78, 5) is 0. The van der Waals surface area contributed by atoms with Crippen LogP contribution in [0, 0.1) is 0 Å². The molecule has 0 heterocycles. The molecule has 0 aromatic heterocycles. The number of nitrogens with one attached hydrogen (secondary N) is 1. The molecule has 0 amide bonds. The largest absolute Gasteiger partial charge is 0.351 e. The highest BCUT2D eigenvalue weighted by Gasteiger charge is 2.25. The Morgan fingerprint density at radius 3 is 2.40 bits per heavy atom. The van der Waals surface area contributed by atoms with E-state index in [0.29, 0.717) is 13.2 Å². The predicted molar refractivity (Wildman–Crippen MR) is 81.9 cm³/mol. The second-order valence-electron chi connectivity index (χ2n) is 5.34. The molecule has 1 unspecified atom stereocenters. The van der Waals surface area contributed by atoms with Gasteiger partial charge in [-0.25, -0.2) is 0 Å². The number of hydrogen-bond acceptors (Lipinski definition) is 3. The Bertz CT molecular complexity index is 398. The van der Waals surface area contributed by atoms with E-state index in [4.69, 9.17) is 9.47 Å². The Kier molecular flexibility index (Phi) is 6.02. The third-order valence-corrected chi connectivity index (χ3v) is 4.09. The maximum Gasteiger partial charge on any atom is 0.176 e. The zero-order chi connectivity index (χ0) is 14.4. The van der Waals surface area contributed by atoms with Crippen molar-refractivity contribution in [3.8, 4) is 0 Å². The van der Waals surface area contributed by atoms with Gasteiger partial charge in [-0.2, -0.15) is 0 Å². The summed E-state index contributed by atoms with van der Waals surface area (Å²) < 4.78 is 11.5. The van der Waals surface area contributed by atoms with Gasteiger partial charge < -0.3 is 14.8 Å². The summed E-state index contributed by atoms with van der Waals surface area (Å²) in [5.41, 5.74) is 2.71.